The van der Waals surface area contributed by atoms with Crippen LogP contribution in [0.15, 0.2) is 29.3 Å². The van der Waals surface area contributed by atoms with Crippen molar-refractivity contribution < 1.29 is 4.74 Å². The number of halogens is 1. The zero-order chi connectivity index (χ0) is 18.7. The van der Waals surface area contributed by atoms with Crippen molar-refractivity contribution in [3.05, 3.63) is 35.4 Å². The Hall–Kier alpha value is -0.820. The van der Waals surface area contributed by atoms with Gasteiger partial charge in [-0.1, -0.05) is 30.7 Å². The Kier molecular flexibility index (Phi) is 7.29. The monoisotopic (exact) mass is 497 g/mol. The number of nitrogens with zero attached hydrogens (tertiary/aromatic N) is 2. The number of ether oxygens (including phenoxy) is 1. The van der Waals surface area contributed by atoms with E-state index in [0.717, 1.165) is 51.6 Å². The van der Waals surface area contributed by atoms with Crippen molar-refractivity contribution >= 4 is 29.9 Å². The average molecular weight is 497 g/mol. The van der Waals surface area contributed by atoms with Crippen LogP contribution in [0.2, 0.25) is 0 Å². The number of hydrogen-bond donors (Lipinski definition) is 1. The van der Waals surface area contributed by atoms with Crippen LogP contribution in [0.4, 0.5) is 0 Å². The summed E-state index contributed by atoms with van der Waals surface area (Å²) >= 11 is 0. The van der Waals surface area contributed by atoms with Crippen molar-refractivity contribution in [2.75, 3.05) is 39.4 Å². The molecule has 4 nitrogen and oxygen atoms in total. The summed E-state index contributed by atoms with van der Waals surface area (Å²) in [7, 11) is 0. The van der Waals surface area contributed by atoms with Crippen molar-refractivity contribution in [3.63, 3.8) is 0 Å². The topological polar surface area (TPSA) is 36.9 Å². The molecule has 3 fully saturated rings. The molecule has 0 unspecified atom stereocenters. The maximum atomic E-state index is 5.72. The fourth-order valence-electron chi connectivity index (χ4n) is 5.30. The second-order valence-corrected chi connectivity index (χ2v) is 8.90. The molecule has 5 heteroatoms. The molecule has 0 atom stereocenters. The standard InChI is InChI=1S/C23H35N3O.HI/c1-3-24-21(26-14-11-22(18-26)9-6-10-22)25-17-23(12-15-27-16-13-23)20-8-5-4-7-19(20)2;/h4-5,7-8H,3,6,9-18H2,1-2H3,(H,24,25);1H. The van der Waals surface area contributed by atoms with Gasteiger partial charge in [0.25, 0.3) is 0 Å². The van der Waals surface area contributed by atoms with Gasteiger partial charge in [0.1, 0.15) is 0 Å². The minimum atomic E-state index is 0. The highest BCUT2D eigenvalue weighted by Crippen LogP contribution is 2.48. The fourth-order valence-corrected chi connectivity index (χ4v) is 5.30. The summed E-state index contributed by atoms with van der Waals surface area (Å²) in [6.07, 6.45) is 7.70. The third-order valence-electron chi connectivity index (χ3n) is 7.18. The zero-order valence-corrected chi connectivity index (χ0v) is 19.8. The van der Waals surface area contributed by atoms with Crippen LogP contribution < -0.4 is 5.32 Å². The van der Waals surface area contributed by atoms with E-state index in [1.54, 1.807) is 0 Å². The van der Waals surface area contributed by atoms with E-state index in [9.17, 15) is 0 Å². The SMILES string of the molecule is CCNC(=NCC1(c2ccccc2C)CCOCC1)N1CCC2(CCC2)C1.I. The Morgan fingerprint density at radius 1 is 1.14 bits per heavy atom. The first-order valence-corrected chi connectivity index (χ1v) is 10.8. The van der Waals surface area contributed by atoms with Crippen LogP contribution in [0.3, 0.4) is 0 Å². The molecule has 0 radical (unpaired) electrons. The van der Waals surface area contributed by atoms with E-state index in [0.29, 0.717) is 5.41 Å². The van der Waals surface area contributed by atoms with Gasteiger partial charge in [-0.3, -0.25) is 4.99 Å². The van der Waals surface area contributed by atoms with Crippen LogP contribution in [-0.2, 0) is 10.2 Å². The van der Waals surface area contributed by atoms with Gasteiger partial charge in [-0.25, -0.2) is 0 Å². The van der Waals surface area contributed by atoms with E-state index in [4.69, 9.17) is 9.73 Å². The average Bonchev–Trinajstić information content (AvgIpc) is 3.12. The summed E-state index contributed by atoms with van der Waals surface area (Å²) in [5.41, 5.74) is 3.56. The summed E-state index contributed by atoms with van der Waals surface area (Å²) in [5, 5.41) is 3.58. The van der Waals surface area contributed by atoms with Crippen molar-refractivity contribution in [3.8, 4) is 0 Å². The van der Waals surface area contributed by atoms with Crippen molar-refractivity contribution in [2.45, 2.75) is 57.8 Å². The first kappa shape index (κ1) is 21.9. The van der Waals surface area contributed by atoms with E-state index in [1.165, 1.54) is 43.4 Å². The zero-order valence-electron chi connectivity index (χ0n) is 17.5. The molecule has 1 saturated carbocycles. The fraction of sp³-hybridized carbons (Fsp3) is 0.696. The smallest absolute Gasteiger partial charge is 0.193 e. The lowest BCUT2D eigenvalue weighted by molar-refractivity contribution is 0.0528. The summed E-state index contributed by atoms with van der Waals surface area (Å²) in [6.45, 7) is 10.2. The van der Waals surface area contributed by atoms with Crippen LogP contribution in [0, 0.1) is 12.3 Å². The Morgan fingerprint density at radius 3 is 2.50 bits per heavy atom. The molecule has 1 aromatic carbocycles. The third-order valence-corrected chi connectivity index (χ3v) is 7.18. The number of benzene rings is 1. The summed E-state index contributed by atoms with van der Waals surface area (Å²) in [4.78, 5) is 7.73. The normalized spacial score (nSPS) is 23.2. The molecular formula is C23H36IN3O. The maximum absolute atomic E-state index is 5.72. The van der Waals surface area contributed by atoms with Gasteiger partial charge in [0, 0.05) is 38.3 Å². The molecule has 0 aromatic heterocycles. The largest absolute Gasteiger partial charge is 0.381 e. The molecule has 28 heavy (non-hydrogen) atoms. The molecule has 2 aliphatic heterocycles. The van der Waals surface area contributed by atoms with E-state index >= 15 is 0 Å². The van der Waals surface area contributed by atoms with Crippen LogP contribution in [0.25, 0.3) is 0 Å². The van der Waals surface area contributed by atoms with E-state index in [1.807, 2.05) is 0 Å². The number of aryl methyl sites for hydroxylation is 1. The minimum Gasteiger partial charge on any atom is -0.381 e. The predicted octanol–water partition coefficient (Wildman–Crippen LogP) is 4.50. The van der Waals surface area contributed by atoms with Gasteiger partial charge in [-0.2, -0.15) is 0 Å². The molecule has 4 rings (SSSR count). The number of likely N-dealkylation sites (tertiary alicyclic amines) is 1. The van der Waals surface area contributed by atoms with Gasteiger partial charge in [0.2, 0.25) is 0 Å². The molecule has 1 aromatic rings. The Labute approximate surface area is 187 Å². The predicted molar refractivity (Wildman–Crippen MR) is 127 cm³/mol. The summed E-state index contributed by atoms with van der Waals surface area (Å²) in [5.74, 6) is 1.13. The van der Waals surface area contributed by atoms with Crippen molar-refractivity contribution in [2.24, 2.45) is 10.4 Å². The van der Waals surface area contributed by atoms with E-state index in [-0.39, 0.29) is 29.4 Å². The lowest BCUT2D eigenvalue weighted by atomic mass is 9.68. The summed E-state index contributed by atoms with van der Waals surface area (Å²) < 4.78 is 5.72. The molecule has 1 aliphatic carbocycles. The Morgan fingerprint density at radius 2 is 1.89 bits per heavy atom. The van der Waals surface area contributed by atoms with Gasteiger partial charge in [0.05, 0.1) is 6.54 Å². The second kappa shape index (κ2) is 9.33. The molecule has 1 spiro atoms. The molecule has 2 saturated heterocycles. The van der Waals surface area contributed by atoms with Crippen LogP contribution in [0.5, 0.6) is 0 Å². The van der Waals surface area contributed by atoms with Gasteiger partial charge in [-0.05, 0) is 62.5 Å². The number of guanidine groups is 1. The quantitative estimate of drug-likeness (QED) is 0.378. The Bertz CT molecular complexity index is 680. The number of aliphatic imine (C=N–C) groups is 1. The lowest BCUT2D eigenvalue weighted by Crippen LogP contribution is -2.44. The van der Waals surface area contributed by atoms with Gasteiger partial charge in [0.15, 0.2) is 5.96 Å². The van der Waals surface area contributed by atoms with E-state index < -0.39 is 0 Å². The van der Waals surface area contributed by atoms with Crippen LogP contribution >= 0.6 is 24.0 Å². The highest BCUT2D eigenvalue weighted by Gasteiger charge is 2.44. The number of hydrogen-bond acceptors (Lipinski definition) is 2. The molecule has 0 amide bonds. The van der Waals surface area contributed by atoms with Crippen molar-refractivity contribution in [1.82, 2.24) is 10.2 Å². The van der Waals surface area contributed by atoms with Gasteiger partial charge < -0.3 is 15.0 Å². The van der Waals surface area contributed by atoms with Crippen molar-refractivity contribution in [1.29, 1.82) is 0 Å². The number of nitrogens with one attached hydrogen (secondary N) is 1. The molecule has 1 N–H and O–H groups in total. The van der Waals surface area contributed by atoms with Crippen LogP contribution in [0.1, 0.15) is 56.6 Å². The summed E-state index contributed by atoms with van der Waals surface area (Å²) in [6, 6.07) is 8.86. The lowest BCUT2D eigenvalue weighted by Gasteiger charge is -2.39. The first-order chi connectivity index (χ1) is 13.2. The second-order valence-electron chi connectivity index (χ2n) is 8.90. The molecule has 2 heterocycles. The highest BCUT2D eigenvalue weighted by molar-refractivity contribution is 14.0. The maximum Gasteiger partial charge on any atom is 0.193 e. The minimum absolute atomic E-state index is 0. The number of rotatable bonds is 4. The molecule has 0 bridgehead atoms. The third kappa shape index (κ3) is 4.35. The van der Waals surface area contributed by atoms with Gasteiger partial charge in [-0.15, -0.1) is 24.0 Å². The van der Waals surface area contributed by atoms with E-state index in [2.05, 4.69) is 48.3 Å². The Balaban J connectivity index is 0.00000225. The highest BCUT2D eigenvalue weighted by atomic mass is 127. The first-order valence-electron chi connectivity index (χ1n) is 10.8. The molecular weight excluding hydrogens is 461 g/mol. The van der Waals surface area contributed by atoms with Gasteiger partial charge >= 0.3 is 0 Å². The molecule has 3 aliphatic rings. The van der Waals surface area contributed by atoms with Crippen LogP contribution in [-0.4, -0.2) is 50.3 Å². The molecule has 156 valence electrons.